The average Bonchev–Trinajstić information content (AvgIpc) is 2.86. The van der Waals surface area contributed by atoms with Crippen LogP contribution in [-0.4, -0.2) is 30.2 Å². The first-order chi connectivity index (χ1) is 19.1. The topological polar surface area (TPSA) is 87.0 Å². The van der Waals surface area contributed by atoms with E-state index in [0.29, 0.717) is 25.7 Å². The second-order valence-electron chi connectivity index (χ2n) is 15.4. The number of nitriles is 1. The molecule has 0 aromatic carbocycles. The van der Waals surface area contributed by atoms with Gasteiger partial charge in [-0.15, -0.1) is 0 Å². The van der Waals surface area contributed by atoms with Crippen LogP contribution in [0, 0.1) is 56.2 Å². The van der Waals surface area contributed by atoms with Gasteiger partial charge in [0.2, 0.25) is 5.91 Å². The number of Topliss-reactive ketones (excluding diaryl/α,β-unsaturated/α-hetero) is 1. The first kappa shape index (κ1) is 34.1. The molecule has 234 valence electrons. The van der Waals surface area contributed by atoms with E-state index in [1.54, 1.807) is 12.2 Å². The van der Waals surface area contributed by atoms with E-state index in [9.17, 15) is 32.8 Å². The molecule has 42 heavy (non-hydrogen) atoms. The second kappa shape index (κ2) is 11.2. The molecule has 3 aliphatic rings. The lowest BCUT2D eigenvalue weighted by Crippen LogP contribution is -2.54. The molecule has 6 atom stereocenters. The number of nitrogens with one attached hydrogen (secondary N) is 1. The molecule has 2 saturated carbocycles. The summed E-state index contributed by atoms with van der Waals surface area (Å²) < 4.78 is 39.4. The van der Waals surface area contributed by atoms with Crippen LogP contribution in [0.25, 0.3) is 0 Å². The smallest absolute Gasteiger partial charge is 0.346 e. The van der Waals surface area contributed by atoms with Crippen molar-refractivity contribution in [3.8, 4) is 6.07 Å². The molecule has 3 aliphatic carbocycles. The minimum Gasteiger partial charge on any atom is -0.346 e. The Kier molecular flexibility index (Phi) is 9.12. The molecule has 0 aromatic rings. The highest BCUT2D eigenvalue weighted by atomic mass is 19.4. The van der Waals surface area contributed by atoms with Gasteiger partial charge in [-0.05, 0) is 86.0 Å². The quantitative estimate of drug-likeness (QED) is 0.305. The monoisotopic (exact) mass is 590 g/mol. The third-order valence-corrected chi connectivity index (χ3v) is 11.7. The van der Waals surface area contributed by atoms with Crippen molar-refractivity contribution >= 4 is 17.5 Å². The van der Waals surface area contributed by atoms with Gasteiger partial charge in [-0.1, -0.05) is 67.0 Å². The molecule has 0 spiro atoms. The molecule has 0 aromatic heterocycles. The van der Waals surface area contributed by atoms with Gasteiger partial charge in [-0.25, -0.2) is 0 Å². The number of halogens is 3. The SMILES string of the molecule is CC(=O)/C=C1/[C@@]2(C)C=C(C#N)C(=O)[C@@H](C)[C@@H]2CC[C@@]1(C)C(C)(C)CC[C@@]1(C(=O)NCC(F)(F)F)CCC(C)(C)CC1C. The van der Waals surface area contributed by atoms with Crippen LogP contribution >= 0.6 is 0 Å². The van der Waals surface area contributed by atoms with Crippen LogP contribution in [0.4, 0.5) is 13.2 Å². The van der Waals surface area contributed by atoms with E-state index in [4.69, 9.17) is 0 Å². The summed E-state index contributed by atoms with van der Waals surface area (Å²) in [5.74, 6) is -1.33. The number of nitrogens with zero attached hydrogens (tertiary/aromatic N) is 1. The summed E-state index contributed by atoms with van der Waals surface area (Å²) in [6.07, 6.45) is 3.39. The number of rotatable bonds is 7. The van der Waals surface area contributed by atoms with Gasteiger partial charge in [0, 0.05) is 11.3 Å². The van der Waals surface area contributed by atoms with Crippen molar-refractivity contribution in [2.45, 2.75) is 113 Å². The number of ketones is 2. The van der Waals surface area contributed by atoms with E-state index < -0.39 is 40.3 Å². The molecule has 3 rings (SSSR count). The fourth-order valence-electron chi connectivity index (χ4n) is 8.66. The zero-order valence-corrected chi connectivity index (χ0v) is 26.8. The van der Waals surface area contributed by atoms with Crippen LogP contribution in [0.2, 0.25) is 0 Å². The van der Waals surface area contributed by atoms with Crippen LogP contribution in [0.5, 0.6) is 0 Å². The third-order valence-electron chi connectivity index (χ3n) is 11.7. The van der Waals surface area contributed by atoms with Crippen LogP contribution < -0.4 is 5.32 Å². The molecule has 0 aliphatic heterocycles. The molecule has 8 heteroatoms. The predicted molar refractivity (Wildman–Crippen MR) is 157 cm³/mol. The Bertz CT molecular complexity index is 1220. The fourth-order valence-corrected chi connectivity index (χ4v) is 8.66. The van der Waals surface area contributed by atoms with Crippen molar-refractivity contribution in [3.05, 3.63) is 23.3 Å². The van der Waals surface area contributed by atoms with Crippen molar-refractivity contribution < 1.29 is 27.6 Å². The summed E-state index contributed by atoms with van der Waals surface area (Å²) >= 11 is 0. The van der Waals surface area contributed by atoms with Gasteiger partial charge in [0.25, 0.3) is 0 Å². The predicted octanol–water partition coefficient (Wildman–Crippen LogP) is 7.91. The van der Waals surface area contributed by atoms with Crippen LogP contribution in [0.3, 0.4) is 0 Å². The first-order valence-corrected chi connectivity index (χ1v) is 15.3. The van der Waals surface area contributed by atoms with Crippen LogP contribution in [0.15, 0.2) is 23.3 Å². The highest BCUT2D eigenvalue weighted by Gasteiger charge is 2.59. The number of carbonyl (C=O) groups excluding carboxylic acids is 3. The van der Waals surface area contributed by atoms with Crippen molar-refractivity contribution in [3.63, 3.8) is 0 Å². The van der Waals surface area contributed by atoms with Crippen molar-refractivity contribution in [2.75, 3.05) is 6.54 Å². The molecule has 1 amide bonds. The highest BCUT2D eigenvalue weighted by molar-refractivity contribution is 6.02. The van der Waals surface area contributed by atoms with Gasteiger partial charge in [0.1, 0.15) is 12.6 Å². The van der Waals surface area contributed by atoms with Gasteiger partial charge < -0.3 is 5.32 Å². The molecular formula is C34H49F3N2O3. The minimum absolute atomic E-state index is 0.00101. The van der Waals surface area contributed by atoms with Gasteiger partial charge in [0.05, 0.1) is 11.0 Å². The summed E-state index contributed by atoms with van der Waals surface area (Å²) in [4.78, 5) is 39.2. The maximum atomic E-state index is 13.6. The minimum atomic E-state index is -4.49. The van der Waals surface area contributed by atoms with Gasteiger partial charge in [0.15, 0.2) is 11.6 Å². The van der Waals surface area contributed by atoms with Crippen LogP contribution in [-0.2, 0) is 14.4 Å². The molecule has 0 heterocycles. The standard InChI is InChI=1S/C34H49F3N2O3/c1-21-17-29(4,5)12-14-33(21,28(42)39-20-34(35,36)37)15-13-30(6,7)32(9)11-10-25-23(3)27(41)24(19-38)18-31(25,8)26(32)16-22(2)40/h16,18,21,23,25H,10-15,17,20H2,1-9H3,(H,39,42)/b26-16-/t21?,23-,25-,31-,32+,33-/m0/s1. The van der Waals surface area contributed by atoms with Gasteiger partial charge in [-0.3, -0.25) is 14.4 Å². The Hall–Kier alpha value is -2.43. The number of carbonyl (C=O) groups is 3. The zero-order valence-electron chi connectivity index (χ0n) is 26.8. The van der Waals surface area contributed by atoms with Crippen molar-refractivity contribution in [1.82, 2.24) is 5.32 Å². The number of allylic oxidation sites excluding steroid dienone is 4. The molecule has 2 fully saturated rings. The fraction of sp³-hybridized carbons (Fsp3) is 0.765. The van der Waals surface area contributed by atoms with E-state index >= 15 is 0 Å². The lowest BCUT2D eigenvalue weighted by molar-refractivity contribution is -0.151. The zero-order chi connectivity index (χ0) is 32.1. The average molecular weight is 591 g/mol. The molecular weight excluding hydrogens is 541 g/mol. The third kappa shape index (κ3) is 6.13. The molecule has 0 radical (unpaired) electrons. The van der Waals surface area contributed by atoms with E-state index in [1.807, 2.05) is 20.8 Å². The Morgan fingerprint density at radius 2 is 1.74 bits per heavy atom. The lowest BCUT2D eigenvalue weighted by Gasteiger charge is -2.59. The second-order valence-corrected chi connectivity index (χ2v) is 15.4. The summed E-state index contributed by atoms with van der Waals surface area (Å²) in [6.45, 7) is 16.7. The number of amides is 1. The first-order valence-electron chi connectivity index (χ1n) is 15.3. The summed E-state index contributed by atoms with van der Waals surface area (Å²) in [5.41, 5.74) is -1.59. The van der Waals surface area contributed by atoms with Gasteiger partial charge >= 0.3 is 6.18 Å². The Balaban J connectivity index is 2.04. The van der Waals surface area contributed by atoms with Crippen LogP contribution in [0.1, 0.15) is 107 Å². The lowest BCUT2D eigenvalue weighted by atomic mass is 9.44. The molecule has 5 nitrogen and oxygen atoms in total. The number of hydrogen-bond acceptors (Lipinski definition) is 4. The van der Waals surface area contributed by atoms with E-state index in [2.05, 4.69) is 46.0 Å². The number of fused-ring (bicyclic) bond motifs is 1. The molecule has 0 bridgehead atoms. The molecule has 0 saturated heterocycles. The van der Waals surface area contributed by atoms with Crippen molar-refractivity contribution in [2.24, 2.45) is 44.8 Å². The summed E-state index contributed by atoms with van der Waals surface area (Å²) in [6, 6.07) is 2.08. The van der Waals surface area contributed by atoms with E-state index in [-0.39, 0.29) is 40.3 Å². The molecule has 1 unspecified atom stereocenters. The van der Waals surface area contributed by atoms with Gasteiger partial charge in [-0.2, -0.15) is 18.4 Å². The Morgan fingerprint density at radius 3 is 2.26 bits per heavy atom. The number of hydrogen-bond donors (Lipinski definition) is 1. The summed E-state index contributed by atoms with van der Waals surface area (Å²) in [7, 11) is 0. The number of alkyl halides is 3. The highest BCUT2D eigenvalue weighted by Crippen LogP contribution is 2.65. The molecule has 1 N–H and O–H groups in total. The Morgan fingerprint density at radius 1 is 1.12 bits per heavy atom. The largest absolute Gasteiger partial charge is 0.405 e. The Labute approximate surface area is 249 Å². The summed E-state index contributed by atoms with van der Waals surface area (Å²) in [5, 5.41) is 12.0. The van der Waals surface area contributed by atoms with Crippen molar-refractivity contribution in [1.29, 1.82) is 5.26 Å². The normalized spacial score (nSPS) is 36.1. The van der Waals surface area contributed by atoms with E-state index in [0.717, 1.165) is 24.8 Å². The van der Waals surface area contributed by atoms with E-state index in [1.165, 1.54) is 6.92 Å². The maximum absolute atomic E-state index is 13.6. The maximum Gasteiger partial charge on any atom is 0.405 e.